The number of rotatable bonds is 5. The third-order valence-electron chi connectivity index (χ3n) is 4.92. The van der Waals surface area contributed by atoms with Crippen LogP contribution in [0.1, 0.15) is 20.8 Å². The summed E-state index contributed by atoms with van der Waals surface area (Å²) in [4.78, 5) is 0. The quantitative estimate of drug-likeness (QED) is 0.795. The van der Waals surface area contributed by atoms with E-state index in [-0.39, 0.29) is 23.5 Å². The minimum atomic E-state index is -2.43. The lowest BCUT2D eigenvalue weighted by molar-refractivity contribution is 0.0576. The Kier molecular flexibility index (Phi) is 7.44. The summed E-state index contributed by atoms with van der Waals surface area (Å²) in [6.45, 7) is 10.0. The maximum absolute atomic E-state index is 6.90. The van der Waals surface area contributed by atoms with E-state index in [1.165, 1.54) is 10.4 Å². The van der Waals surface area contributed by atoms with Gasteiger partial charge < -0.3 is 14.5 Å². The molecule has 1 N–H and O–H groups in total. The Labute approximate surface area is 164 Å². The number of halogens is 1. The van der Waals surface area contributed by atoms with Crippen LogP contribution in [0.25, 0.3) is 0 Å². The van der Waals surface area contributed by atoms with E-state index in [4.69, 9.17) is 9.16 Å². The van der Waals surface area contributed by atoms with Crippen molar-refractivity contribution in [1.82, 2.24) is 5.32 Å². The van der Waals surface area contributed by atoms with Crippen LogP contribution < -0.4 is 15.7 Å². The van der Waals surface area contributed by atoms with Gasteiger partial charge >= 0.3 is 0 Å². The molecule has 142 valence electrons. The Morgan fingerprint density at radius 2 is 1.54 bits per heavy atom. The summed E-state index contributed by atoms with van der Waals surface area (Å²) in [7, 11) is -2.43. The van der Waals surface area contributed by atoms with E-state index in [0.29, 0.717) is 6.61 Å². The zero-order valence-electron chi connectivity index (χ0n) is 15.9. The number of ether oxygens (including phenoxy) is 1. The van der Waals surface area contributed by atoms with Gasteiger partial charge in [-0.3, -0.25) is 0 Å². The van der Waals surface area contributed by atoms with Crippen molar-refractivity contribution < 1.29 is 9.16 Å². The van der Waals surface area contributed by atoms with Crippen LogP contribution in [0, 0.1) is 0 Å². The second kappa shape index (κ2) is 9.15. The molecule has 1 heterocycles. The smallest absolute Gasteiger partial charge is 0.261 e. The molecule has 1 atom stereocenters. The van der Waals surface area contributed by atoms with Gasteiger partial charge in [0.15, 0.2) is 0 Å². The summed E-state index contributed by atoms with van der Waals surface area (Å²) in [5.74, 6) is 0. The van der Waals surface area contributed by atoms with Gasteiger partial charge in [0.25, 0.3) is 8.32 Å². The summed E-state index contributed by atoms with van der Waals surface area (Å²) in [6, 6.07) is 21.8. The molecule has 5 heteroatoms. The highest BCUT2D eigenvalue weighted by Gasteiger charge is 2.50. The van der Waals surface area contributed by atoms with Crippen LogP contribution in [-0.2, 0) is 9.16 Å². The third-order valence-corrected chi connectivity index (χ3v) is 9.92. The van der Waals surface area contributed by atoms with Gasteiger partial charge in [-0.15, -0.1) is 12.4 Å². The molecule has 0 aromatic heterocycles. The Hall–Kier alpha value is -1.17. The van der Waals surface area contributed by atoms with Crippen LogP contribution in [0.2, 0.25) is 5.04 Å². The summed E-state index contributed by atoms with van der Waals surface area (Å²) in [5, 5.41) is 6.19. The highest BCUT2D eigenvalue weighted by atomic mass is 35.5. The largest absolute Gasteiger partial charge is 0.406 e. The lowest BCUT2D eigenvalue weighted by Gasteiger charge is -2.44. The molecule has 1 saturated heterocycles. The first-order valence-corrected chi connectivity index (χ1v) is 11.0. The van der Waals surface area contributed by atoms with Crippen molar-refractivity contribution in [3.8, 4) is 0 Å². The van der Waals surface area contributed by atoms with Gasteiger partial charge in [-0.05, 0) is 15.4 Å². The Morgan fingerprint density at radius 1 is 1.00 bits per heavy atom. The molecular weight excluding hydrogens is 362 g/mol. The van der Waals surface area contributed by atoms with Crippen molar-refractivity contribution in [3.63, 3.8) is 0 Å². The van der Waals surface area contributed by atoms with Gasteiger partial charge in [-0.1, -0.05) is 81.4 Å². The highest BCUT2D eigenvalue weighted by molar-refractivity contribution is 6.99. The molecule has 1 aliphatic heterocycles. The second-order valence-corrected chi connectivity index (χ2v) is 12.0. The average molecular weight is 392 g/mol. The van der Waals surface area contributed by atoms with E-state index in [9.17, 15) is 0 Å². The van der Waals surface area contributed by atoms with Crippen molar-refractivity contribution in [2.75, 3.05) is 26.4 Å². The second-order valence-electron chi connectivity index (χ2n) is 7.70. The Bertz CT molecular complexity index is 615. The SMILES string of the molecule is CC(C)(C)[Si](OC[C@@H]1COCCN1)(c1ccccc1)c1ccccc1.Cl. The molecule has 0 spiro atoms. The standard InChI is InChI=1S/C21H29NO2Si.ClH/c1-21(2,3)25(19-10-6-4-7-11-19,20-12-8-5-9-13-20)24-17-18-16-23-15-14-22-18;/h4-13,18,22H,14-17H2,1-3H3;1H/t18-;/m0./s1. The van der Waals surface area contributed by atoms with Crippen molar-refractivity contribution in [2.24, 2.45) is 0 Å². The van der Waals surface area contributed by atoms with Crippen LogP contribution >= 0.6 is 12.4 Å². The summed E-state index contributed by atoms with van der Waals surface area (Å²) in [5.41, 5.74) is 0. The molecular formula is C21H30ClNO2Si. The molecule has 1 aliphatic rings. The molecule has 2 aromatic rings. The molecule has 2 aromatic carbocycles. The molecule has 0 aliphatic carbocycles. The minimum absolute atomic E-state index is 0. The summed E-state index contributed by atoms with van der Waals surface area (Å²) < 4.78 is 12.5. The molecule has 1 fully saturated rings. The monoisotopic (exact) mass is 391 g/mol. The number of morpholine rings is 1. The van der Waals surface area contributed by atoms with Gasteiger partial charge in [-0.25, -0.2) is 0 Å². The minimum Gasteiger partial charge on any atom is -0.406 e. The maximum Gasteiger partial charge on any atom is 0.261 e. The topological polar surface area (TPSA) is 30.5 Å². The van der Waals surface area contributed by atoms with Crippen molar-refractivity contribution in [2.45, 2.75) is 31.9 Å². The van der Waals surface area contributed by atoms with Gasteiger partial charge in [0.2, 0.25) is 0 Å². The van der Waals surface area contributed by atoms with Crippen LogP contribution in [0.4, 0.5) is 0 Å². The zero-order chi connectivity index (χ0) is 17.8. The summed E-state index contributed by atoms with van der Waals surface area (Å²) >= 11 is 0. The van der Waals surface area contributed by atoms with E-state index in [1.807, 2.05) is 0 Å². The van der Waals surface area contributed by atoms with Gasteiger partial charge in [-0.2, -0.15) is 0 Å². The van der Waals surface area contributed by atoms with E-state index in [1.54, 1.807) is 0 Å². The molecule has 0 bridgehead atoms. The van der Waals surface area contributed by atoms with Crippen LogP contribution in [0.5, 0.6) is 0 Å². The van der Waals surface area contributed by atoms with Gasteiger partial charge in [0.05, 0.1) is 25.9 Å². The number of nitrogens with one attached hydrogen (secondary N) is 1. The molecule has 26 heavy (non-hydrogen) atoms. The van der Waals surface area contributed by atoms with E-state index < -0.39 is 8.32 Å². The Morgan fingerprint density at radius 3 is 1.96 bits per heavy atom. The van der Waals surface area contributed by atoms with Crippen LogP contribution in [0.3, 0.4) is 0 Å². The highest BCUT2D eigenvalue weighted by Crippen LogP contribution is 2.36. The molecule has 0 amide bonds. The zero-order valence-corrected chi connectivity index (χ0v) is 17.7. The first kappa shape index (κ1) is 21.1. The maximum atomic E-state index is 6.90. The van der Waals surface area contributed by atoms with E-state index in [0.717, 1.165) is 19.8 Å². The fourth-order valence-corrected chi connectivity index (χ4v) is 8.32. The van der Waals surface area contributed by atoms with Crippen LogP contribution in [-0.4, -0.2) is 40.7 Å². The first-order chi connectivity index (χ1) is 12.0. The number of hydrogen-bond acceptors (Lipinski definition) is 3. The molecule has 0 unspecified atom stereocenters. The third kappa shape index (κ3) is 4.38. The normalized spacial score (nSPS) is 18.2. The Balaban J connectivity index is 0.00000243. The predicted octanol–water partition coefficient (Wildman–Crippen LogP) is 2.97. The average Bonchev–Trinajstić information content (AvgIpc) is 2.64. The molecule has 3 nitrogen and oxygen atoms in total. The van der Waals surface area contributed by atoms with E-state index in [2.05, 4.69) is 86.8 Å². The fourth-order valence-electron chi connectivity index (χ4n) is 3.71. The van der Waals surface area contributed by atoms with Gasteiger partial charge in [0, 0.05) is 6.54 Å². The lowest BCUT2D eigenvalue weighted by atomic mass is 10.2. The number of benzene rings is 2. The molecule has 0 radical (unpaired) electrons. The summed E-state index contributed by atoms with van der Waals surface area (Å²) in [6.07, 6.45) is 0. The number of hydrogen-bond donors (Lipinski definition) is 1. The predicted molar refractivity (Wildman–Crippen MR) is 113 cm³/mol. The lowest BCUT2D eigenvalue weighted by Crippen LogP contribution is -2.67. The van der Waals surface area contributed by atoms with Crippen molar-refractivity contribution >= 4 is 31.1 Å². The molecule has 0 saturated carbocycles. The fraction of sp³-hybridized carbons (Fsp3) is 0.429. The van der Waals surface area contributed by atoms with Crippen LogP contribution in [0.15, 0.2) is 60.7 Å². The van der Waals surface area contributed by atoms with E-state index >= 15 is 0 Å². The molecule has 3 rings (SSSR count). The first-order valence-electron chi connectivity index (χ1n) is 9.10. The van der Waals surface area contributed by atoms with Crippen molar-refractivity contribution in [3.05, 3.63) is 60.7 Å². The van der Waals surface area contributed by atoms with Gasteiger partial charge in [0.1, 0.15) is 0 Å². The van der Waals surface area contributed by atoms with Crippen molar-refractivity contribution in [1.29, 1.82) is 0 Å².